The number of aryl methyl sites for hydroxylation is 3. The Labute approximate surface area is 118 Å². The van der Waals surface area contributed by atoms with Gasteiger partial charge >= 0.3 is 5.97 Å². The minimum atomic E-state index is -1.19. The number of nitrogens with two attached hydrogens (primary N) is 1. The summed E-state index contributed by atoms with van der Waals surface area (Å²) in [6.07, 6.45) is 0.334. The monoisotopic (exact) mass is 276 g/mol. The van der Waals surface area contributed by atoms with Crippen LogP contribution in [0.4, 0.5) is 0 Å². The maximum atomic E-state index is 11.9. The molecule has 20 heavy (non-hydrogen) atoms. The molecule has 0 amide bonds. The molecular formula is C15H20N2O3. The van der Waals surface area contributed by atoms with Gasteiger partial charge in [-0.25, -0.2) is 4.79 Å². The van der Waals surface area contributed by atoms with Gasteiger partial charge in [-0.3, -0.25) is 0 Å². The van der Waals surface area contributed by atoms with Crippen molar-refractivity contribution in [3.05, 3.63) is 34.4 Å². The maximum Gasteiger partial charge on any atom is 0.354 e. The molecule has 0 radical (unpaired) electrons. The lowest BCUT2D eigenvalue weighted by atomic mass is 9.89. The van der Waals surface area contributed by atoms with Gasteiger partial charge < -0.3 is 15.3 Å². The van der Waals surface area contributed by atoms with E-state index >= 15 is 0 Å². The Kier molecular flexibility index (Phi) is 3.81. The molecule has 0 saturated carbocycles. The van der Waals surface area contributed by atoms with Gasteiger partial charge in [-0.15, -0.1) is 0 Å². The van der Waals surface area contributed by atoms with Gasteiger partial charge in [0.1, 0.15) is 0 Å². The van der Waals surface area contributed by atoms with E-state index in [1.165, 1.54) is 12.7 Å². The molecule has 0 aromatic heterocycles. The number of hydrogen-bond acceptors (Lipinski definition) is 5. The molecule has 0 aliphatic carbocycles. The van der Waals surface area contributed by atoms with Crippen LogP contribution >= 0.6 is 0 Å². The third-order valence-electron chi connectivity index (χ3n) is 3.64. The lowest BCUT2D eigenvalue weighted by Crippen LogP contribution is -2.46. The van der Waals surface area contributed by atoms with E-state index in [9.17, 15) is 4.79 Å². The van der Waals surface area contributed by atoms with Gasteiger partial charge in [0.15, 0.2) is 0 Å². The molecule has 5 nitrogen and oxygen atoms in total. The summed E-state index contributed by atoms with van der Waals surface area (Å²) in [6, 6.07) is 4.18. The zero-order valence-electron chi connectivity index (χ0n) is 12.3. The molecule has 1 aliphatic heterocycles. The van der Waals surface area contributed by atoms with Crippen LogP contribution < -0.4 is 5.73 Å². The van der Waals surface area contributed by atoms with E-state index in [2.05, 4.69) is 24.2 Å². The Balaban J connectivity index is 2.36. The first-order valence-corrected chi connectivity index (χ1v) is 6.55. The standard InChI is InChI=1S/C15H20N2O3/c1-9-5-10(2)13(11(3)6-9)12-7-15(8-16,20-17-12)14(18)19-4/h5-6H,7-8,16H2,1-4H3. The molecule has 1 unspecified atom stereocenters. The number of oxime groups is 1. The van der Waals surface area contributed by atoms with Crippen LogP contribution in [-0.4, -0.2) is 30.9 Å². The number of esters is 1. The number of hydrogen-bond donors (Lipinski definition) is 1. The topological polar surface area (TPSA) is 73.9 Å². The molecule has 108 valence electrons. The van der Waals surface area contributed by atoms with Crippen molar-refractivity contribution >= 4 is 11.7 Å². The van der Waals surface area contributed by atoms with Crippen molar-refractivity contribution in [1.29, 1.82) is 0 Å². The van der Waals surface area contributed by atoms with Crippen LogP contribution in [0.1, 0.15) is 28.7 Å². The molecule has 0 spiro atoms. The summed E-state index contributed by atoms with van der Waals surface area (Å²) in [6.45, 7) is 6.14. The summed E-state index contributed by atoms with van der Waals surface area (Å²) in [7, 11) is 1.32. The summed E-state index contributed by atoms with van der Waals surface area (Å²) in [5, 5.41) is 4.09. The Morgan fingerprint density at radius 2 is 2.00 bits per heavy atom. The molecule has 0 saturated heterocycles. The highest BCUT2D eigenvalue weighted by Crippen LogP contribution is 2.30. The van der Waals surface area contributed by atoms with Crippen molar-refractivity contribution in [1.82, 2.24) is 0 Å². The normalized spacial score (nSPS) is 21.4. The summed E-state index contributed by atoms with van der Waals surface area (Å²) < 4.78 is 4.77. The van der Waals surface area contributed by atoms with Crippen LogP contribution in [0.5, 0.6) is 0 Å². The second kappa shape index (κ2) is 5.25. The predicted molar refractivity (Wildman–Crippen MR) is 76.7 cm³/mol. The fourth-order valence-corrected chi connectivity index (χ4v) is 2.73. The minimum Gasteiger partial charge on any atom is -0.466 e. The Morgan fingerprint density at radius 1 is 1.40 bits per heavy atom. The Bertz CT molecular complexity index is 557. The van der Waals surface area contributed by atoms with E-state index in [1.54, 1.807) is 0 Å². The van der Waals surface area contributed by atoms with Crippen LogP contribution in [0.15, 0.2) is 17.3 Å². The average Bonchev–Trinajstić information content (AvgIpc) is 2.82. The van der Waals surface area contributed by atoms with Gasteiger partial charge in [0.25, 0.3) is 5.60 Å². The second-order valence-electron chi connectivity index (χ2n) is 5.27. The first kappa shape index (κ1) is 14.5. The molecule has 1 heterocycles. The highest BCUT2D eigenvalue weighted by atomic mass is 16.7. The zero-order valence-corrected chi connectivity index (χ0v) is 12.3. The molecule has 1 aromatic carbocycles. The predicted octanol–water partition coefficient (Wildman–Crippen LogP) is 1.61. The fourth-order valence-electron chi connectivity index (χ4n) is 2.73. The average molecular weight is 276 g/mol. The van der Waals surface area contributed by atoms with E-state index in [-0.39, 0.29) is 6.54 Å². The molecule has 1 atom stereocenters. The van der Waals surface area contributed by atoms with E-state index < -0.39 is 11.6 Å². The number of benzene rings is 1. The van der Waals surface area contributed by atoms with E-state index in [0.29, 0.717) is 6.42 Å². The first-order valence-electron chi connectivity index (χ1n) is 6.55. The summed E-state index contributed by atoms with van der Waals surface area (Å²) in [5.74, 6) is -0.485. The molecule has 0 bridgehead atoms. The number of carbonyl (C=O) groups excluding carboxylic acids is 1. The van der Waals surface area contributed by atoms with Gasteiger partial charge in [-0.1, -0.05) is 22.9 Å². The number of rotatable bonds is 3. The van der Waals surface area contributed by atoms with Gasteiger partial charge in [0, 0.05) is 18.5 Å². The Hall–Kier alpha value is -1.88. The van der Waals surface area contributed by atoms with Gasteiger partial charge in [0.05, 0.1) is 12.8 Å². The summed E-state index contributed by atoms with van der Waals surface area (Å²) >= 11 is 0. The minimum absolute atomic E-state index is 0.0383. The van der Waals surface area contributed by atoms with E-state index in [1.807, 2.05) is 13.8 Å². The molecule has 2 rings (SSSR count). The number of ether oxygens (including phenoxy) is 1. The molecule has 1 aliphatic rings. The highest BCUT2D eigenvalue weighted by Gasteiger charge is 2.47. The molecule has 2 N–H and O–H groups in total. The van der Waals surface area contributed by atoms with Crippen molar-refractivity contribution in [2.24, 2.45) is 10.9 Å². The van der Waals surface area contributed by atoms with E-state index in [0.717, 1.165) is 22.4 Å². The third kappa shape index (κ3) is 2.29. The van der Waals surface area contributed by atoms with Crippen LogP contribution in [0, 0.1) is 20.8 Å². The maximum absolute atomic E-state index is 11.9. The fraction of sp³-hybridized carbons (Fsp3) is 0.467. The van der Waals surface area contributed by atoms with Crippen LogP contribution in [-0.2, 0) is 14.4 Å². The molecule has 5 heteroatoms. The molecule has 1 aromatic rings. The largest absolute Gasteiger partial charge is 0.466 e. The number of nitrogens with zero attached hydrogens (tertiary/aromatic N) is 1. The van der Waals surface area contributed by atoms with E-state index in [4.69, 9.17) is 15.3 Å². The second-order valence-corrected chi connectivity index (χ2v) is 5.27. The lowest BCUT2D eigenvalue weighted by molar-refractivity contribution is -0.165. The van der Waals surface area contributed by atoms with Gasteiger partial charge in [-0.2, -0.15) is 0 Å². The van der Waals surface area contributed by atoms with Crippen molar-refractivity contribution in [3.8, 4) is 0 Å². The SMILES string of the molecule is COC(=O)C1(CN)CC(c2c(C)cc(C)cc2C)=NO1. The lowest BCUT2D eigenvalue weighted by Gasteiger charge is -2.21. The third-order valence-corrected chi connectivity index (χ3v) is 3.64. The van der Waals surface area contributed by atoms with Gasteiger partial charge in [-0.05, 0) is 31.9 Å². The summed E-state index contributed by atoms with van der Waals surface area (Å²) in [4.78, 5) is 17.2. The highest BCUT2D eigenvalue weighted by molar-refractivity contribution is 6.06. The Morgan fingerprint density at radius 3 is 2.50 bits per heavy atom. The number of carbonyl (C=O) groups is 1. The quantitative estimate of drug-likeness (QED) is 0.851. The van der Waals surface area contributed by atoms with Crippen LogP contribution in [0.25, 0.3) is 0 Å². The molecular weight excluding hydrogens is 256 g/mol. The summed E-state index contributed by atoms with van der Waals surface area (Å²) in [5.41, 5.74) is 9.69. The van der Waals surface area contributed by atoms with Crippen LogP contribution in [0.2, 0.25) is 0 Å². The van der Waals surface area contributed by atoms with Crippen molar-refractivity contribution < 1.29 is 14.4 Å². The first-order chi connectivity index (χ1) is 9.43. The smallest absolute Gasteiger partial charge is 0.354 e. The molecule has 0 fully saturated rings. The van der Waals surface area contributed by atoms with Crippen molar-refractivity contribution in [2.75, 3.05) is 13.7 Å². The van der Waals surface area contributed by atoms with Gasteiger partial charge in [0.2, 0.25) is 0 Å². The van der Waals surface area contributed by atoms with Crippen molar-refractivity contribution in [3.63, 3.8) is 0 Å². The van der Waals surface area contributed by atoms with Crippen molar-refractivity contribution in [2.45, 2.75) is 32.8 Å². The van der Waals surface area contributed by atoms with Crippen LogP contribution in [0.3, 0.4) is 0 Å². The number of methoxy groups -OCH3 is 1. The zero-order chi connectivity index (χ0) is 14.9.